The molecule has 0 aromatic carbocycles. The van der Waals surface area contributed by atoms with Crippen molar-refractivity contribution >= 4 is 11.8 Å². The first-order chi connectivity index (χ1) is 9.75. The van der Waals surface area contributed by atoms with E-state index in [-0.39, 0.29) is 11.8 Å². The Morgan fingerprint density at radius 1 is 0.650 bits per heavy atom. The lowest BCUT2D eigenvalue weighted by molar-refractivity contribution is -0.141. The Labute approximate surface area is 121 Å². The summed E-state index contributed by atoms with van der Waals surface area (Å²) in [6, 6.07) is 0. The van der Waals surface area contributed by atoms with Crippen LogP contribution in [0.3, 0.4) is 0 Å². The molecule has 3 aliphatic rings. The van der Waals surface area contributed by atoms with Crippen LogP contribution in [0.15, 0.2) is 0 Å². The summed E-state index contributed by atoms with van der Waals surface area (Å²) in [4.78, 5) is 28.8. The average Bonchev–Trinajstić information content (AvgIpc) is 3.32. The Kier molecular flexibility index (Phi) is 4.27. The fourth-order valence-corrected chi connectivity index (χ4v) is 3.52. The van der Waals surface area contributed by atoms with Gasteiger partial charge in [-0.2, -0.15) is 0 Å². The van der Waals surface area contributed by atoms with E-state index in [2.05, 4.69) is 4.90 Å². The third-order valence-corrected chi connectivity index (χ3v) is 4.93. The van der Waals surface area contributed by atoms with Gasteiger partial charge >= 0.3 is 0 Å². The quantitative estimate of drug-likeness (QED) is 0.775. The highest BCUT2D eigenvalue weighted by Crippen LogP contribution is 2.32. The fraction of sp³-hybridized carbons (Fsp3) is 0.875. The number of carbonyl (C=O) groups is 2. The number of carbonyl (C=O) groups excluding carboxylic acids is 2. The van der Waals surface area contributed by atoms with Gasteiger partial charge in [0, 0.05) is 32.1 Å². The first kappa shape index (κ1) is 13.9. The van der Waals surface area contributed by atoms with Crippen LogP contribution >= 0.6 is 0 Å². The van der Waals surface area contributed by atoms with Gasteiger partial charge in [-0.05, 0) is 38.5 Å². The van der Waals surface area contributed by atoms with E-state index in [4.69, 9.17) is 0 Å². The number of amides is 2. The molecule has 4 nitrogen and oxygen atoms in total. The normalized spacial score (nSPS) is 28.1. The molecule has 3 fully saturated rings. The van der Waals surface area contributed by atoms with Crippen LogP contribution in [0.25, 0.3) is 0 Å². The molecule has 1 atom stereocenters. The van der Waals surface area contributed by atoms with Gasteiger partial charge in [-0.3, -0.25) is 9.59 Å². The van der Waals surface area contributed by atoms with Crippen molar-refractivity contribution < 1.29 is 9.59 Å². The summed E-state index contributed by atoms with van der Waals surface area (Å²) in [6.07, 6.45) is 8.85. The van der Waals surface area contributed by atoms with Gasteiger partial charge in [0.15, 0.2) is 0 Å². The number of nitrogens with zero attached hydrogens (tertiary/aromatic N) is 2. The Balaban J connectivity index is 1.57. The molecule has 2 amide bonds. The number of rotatable bonds is 2. The maximum atomic E-state index is 12.6. The third kappa shape index (κ3) is 3.15. The van der Waals surface area contributed by atoms with Gasteiger partial charge in [0.25, 0.3) is 0 Å². The van der Waals surface area contributed by atoms with Gasteiger partial charge in [-0.1, -0.05) is 12.8 Å². The van der Waals surface area contributed by atoms with E-state index in [0.717, 1.165) is 58.2 Å². The van der Waals surface area contributed by atoms with Gasteiger partial charge < -0.3 is 9.80 Å². The van der Waals surface area contributed by atoms with Gasteiger partial charge in [-0.15, -0.1) is 0 Å². The summed E-state index contributed by atoms with van der Waals surface area (Å²) in [6.45, 7) is 3.38. The minimum atomic E-state index is 0.0598. The minimum Gasteiger partial charge on any atom is -0.342 e. The first-order valence-corrected chi connectivity index (χ1v) is 8.33. The molecule has 0 aromatic heterocycles. The standard InChI is InChI=1S/C16H26N2O2/c19-15(13-7-8-13)18-11-5-6-14(12-18)16(20)17-9-3-1-2-4-10-17/h13-14H,1-12H2. The molecule has 20 heavy (non-hydrogen) atoms. The monoisotopic (exact) mass is 278 g/mol. The lowest BCUT2D eigenvalue weighted by atomic mass is 9.96. The minimum absolute atomic E-state index is 0.0598. The van der Waals surface area contributed by atoms with E-state index in [1.807, 2.05) is 4.90 Å². The van der Waals surface area contributed by atoms with Crippen molar-refractivity contribution in [2.24, 2.45) is 11.8 Å². The number of hydrogen-bond acceptors (Lipinski definition) is 2. The second-order valence-corrected chi connectivity index (χ2v) is 6.64. The van der Waals surface area contributed by atoms with Gasteiger partial charge in [0.2, 0.25) is 11.8 Å². The van der Waals surface area contributed by atoms with Crippen LogP contribution in [-0.2, 0) is 9.59 Å². The van der Waals surface area contributed by atoms with Crippen LogP contribution in [0.2, 0.25) is 0 Å². The molecule has 1 aliphatic carbocycles. The zero-order chi connectivity index (χ0) is 13.9. The van der Waals surface area contributed by atoms with E-state index >= 15 is 0 Å². The van der Waals surface area contributed by atoms with E-state index < -0.39 is 0 Å². The van der Waals surface area contributed by atoms with Crippen LogP contribution in [0.1, 0.15) is 51.4 Å². The van der Waals surface area contributed by atoms with E-state index in [1.54, 1.807) is 0 Å². The summed E-state index contributed by atoms with van der Waals surface area (Å²) in [5.74, 6) is 0.949. The molecule has 112 valence electrons. The zero-order valence-corrected chi connectivity index (χ0v) is 12.4. The molecule has 0 radical (unpaired) electrons. The first-order valence-electron chi connectivity index (χ1n) is 8.33. The summed E-state index contributed by atoms with van der Waals surface area (Å²) < 4.78 is 0. The van der Waals surface area contributed by atoms with Crippen molar-refractivity contribution in [1.82, 2.24) is 9.80 Å². The van der Waals surface area contributed by atoms with E-state index in [0.29, 0.717) is 18.4 Å². The summed E-state index contributed by atoms with van der Waals surface area (Å²) in [7, 11) is 0. The Morgan fingerprint density at radius 3 is 1.90 bits per heavy atom. The second-order valence-electron chi connectivity index (χ2n) is 6.64. The number of piperidine rings is 1. The Bertz CT molecular complexity index is 371. The molecule has 0 bridgehead atoms. The van der Waals surface area contributed by atoms with Crippen LogP contribution in [0.5, 0.6) is 0 Å². The van der Waals surface area contributed by atoms with E-state index in [1.165, 1.54) is 12.8 Å². The Morgan fingerprint density at radius 2 is 1.25 bits per heavy atom. The molecule has 1 unspecified atom stereocenters. The molecular formula is C16H26N2O2. The smallest absolute Gasteiger partial charge is 0.227 e. The largest absolute Gasteiger partial charge is 0.342 e. The van der Waals surface area contributed by atoms with Crippen molar-refractivity contribution in [2.75, 3.05) is 26.2 Å². The zero-order valence-electron chi connectivity index (χ0n) is 12.4. The van der Waals surface area contributed by atoms with Crippen LogP contribution in [-0.4, -0.2) is 47.8 Å². The molecule has 0 N–H and O–H groups in total. The molecule has 4 heteroatoms. The highest BCUT2D eigenvalue weighted by molar-refractivity contribution is 5.83. The van der Waals surface area contributed by atoms with E-state index in [9.17, 15) is 9.59 Å². The third-order valence-electron chi connectivity index (χ3n) is 4.93. The van der Waals surface area contributed by atoms with Gasteiger partial charge in [0.1, 0.15) is 0 Å². The maximum absolute atomic E-state index is 12.6. The number of likely N-dealkylation sites (tertiary alicyclic amines) is 2. The maximum Gasteiger partial charge on any atom is 0.227 e. The predicted octanol–water partition coefficient (Wildman–Crippen LogP) is 2.04. The number of hydrogen-bond donors (Lipinski definition) is 0. The Hall–Kier alpha value is -1.06. The predicted molar refractivity (Wildman–Crippen MR) is 77.1 cm³/mol. The van der Waals surface area contributed by atoms with Crippen molar-refractivity contribution in [3.8, 4) is 0 Å². The summed E-state index contributed by atoms with van der Waals surface area (Å²) >= 11 is 0. The second kappa shape index (κ2) is 6.15. The lowest BCUT2D eigenvalue weighted by Gasteiger charge is -2.35. The van der Waals surface area contributed by atoms with Crippen LogP contribution < -0.4 is 0 Å². The van der Waals surface area contributed by atoms with Crippen molar-refractivity contribution in [3.63, 3.8) is 0 Å². The molecule has 2 saturated heterocycles. The lowest BCUT2D eigenvalue weighted by Crippen LogP contribution is -2.47. The van der Waals surface area contributed by atoms with Crippen molar-refractivity contribution in [2.45, 2.75) is 51.4 Å². The van der Waals surface area contributed by atoms with Crippen molar-refractivity contribution in [3.05, 3.63) is 0 Å². The molecule has 3 rings (SSSR count). The molecular weight excluding hydrogens is 252 g/mol. The summed E-state index contributed by atoms with van der Waals surface area (Å²) in [5.41, 5.74) is 0. The van der Waals surface area contributed by atoms with Gasteiger partial charge in [0.05, 0.1) is 5.92 Å². The van der Waals surface area contributed by atoms with Gasteiger partial charge in [-0.25, -0.2) is 0 Å². The summed E-state index contributed by atoms with van der Waals surface area (Å²) in [5, 5.41) is 0. The molecule has 0 spiro atoms. The molecule has 1 saturated carbocycles. The van der Waals surface area contributed by atoms with Crippen LogP contribution in [0.4, 0.5) is 0 Å². The van der Waals surface area contributed by atoms with Crippen molar-refractivity contribution in [1.29, 1.82) is 0 Å². The highest BCUT2D eigenvalue weighted by Gasteiger charge is 2.37. The fourth-order valence-electron chi connectivity index (χ4n) is 3.52. The highest BCUT2D eigenvalue weighted by atomic mass is 16.2. The van der Waals surface area contributed by atoms with Crippen LogP contribution in [0, 0.1) is 11.8 Å². The molecule has 0 aromatic rings. The average molecular weight is 278 g/mol. The molecule has 2 heterocycles. The topological polar surface area (TPSA) is 40.6 Å². The molecule has 2 aliphatic heterocycles. The SMILES string of the molecule is O=C(C1CCCN(C(=O)C2CC2)C1)N1CCCCCC1.